The van der Waals surface area contributed by atoms with Gasteiger partial charge in [0.15, 0.2) is 0 Å². The molecule has 0 spiro atoms. The molecule has 0 bridgehead atoms. The number of carbonyl (C=O) groups excluding carboxylic acids is 1. The van der Waals surface area contributed by atoms with Crippen LogP contribution in [-0.4, -0.2) is 13.1 Å². The summed E-state index contributed by atoms with van der Waals surface area (Å²) in [4.78, 5) is 11.1. The van der Waals surface area contributed by atoms with Crippen molar-refractivity contribution in [3.63, 3.8) is 0 Å². The molecule has 0 saturated heterocycles. The minimum absolute atomic E-state index is 0. The summed E-state index contributed by atoms with van der Waals surface area (Å²) in [6.07, 6.45) is 3.77. The lowest BCUT2D eigenvalue weighted by atomic mass is 10.00. The molecule has 0 saturated carbocycles. The predicted octanol–water partition coefficient (Wildman–Crippen LogP) is 2.80. The van der Waals surface area contributed by atoms with Crippen LogP contribution in [0.15, 0.2) is 18.2 Å². The molecule has 4 heteroatoms. The fourth-order valence-electron chi connectivity index (χ4n) is 2.20. The predicted molar refractivity (Wildman–Crippen MR) is 76.0 cm³/mol. The summed E-state index contributed by atoms with van der Waals surface area (Å²) < 4.78 is 4.62. The van der Waals surface area contributed by atoms with Crippen molar-refractivity contribution in [2.75, 3.05) is 7.11 Å². The topological polar surface area (TPSA) is 52.3 Å². The minimum Gasteiger partial charge on any atom is -0.469 e. The van der Waals surface area contributed by atoms with Crippen molar-refractivity contribution in [1.82, 2.24) is 0 Å². The molecule has 2 rings (SSSR count). The van der Waals surface area contributed by atoms with E-state index in [4.69, 9.17) is 5.73 Å². The molecular weight excluding hydrogens is 250 g/mol. The second-order valence-corrected chi connectivity index (χ2v) is 4.27. The highest BCUT2D eigenvalue weighted by Crippen LogP contribution is 2.25. The Labute approximate surface area is 115 Å². The van der Waals surface area contributed by atoms with Crippen molar-refractivity contribution in [2.24, 2.45) is 5.73 Å². The molecule has 1 aliphatic rings. The number of carbonyl (C=O) groups is 1. The second-order valence-electron chi connectivity index (χ2n) is 4.27. The van der Waals surface area contributed by atoms with Crippen molar-refractivity contribution in [3.8, 4) is 0 Å². The van der Waals surface area contributed by atoms with Crippen molar-refractivity contribution in [2.45, 2.75) is 39.2 Å². The first kappa shape index (κ1) is 16.9. The summed E-state index contributed by atoms with van der Waals surface area (Å²) in [5.74, 6) is -0.256. The van der Waals surface area contributed by atoms with Crippen LogP contribution in [0.1, 0.15) is 43.0 Å². The van der Waals surface area contributed by atoms with Crippen LogP contribution >= 0.6 is 12.4 Å². The maximum atomic E-state index is 11.1. The molecule has 1 aromatic carbocycles. The third-order valence-electron chi connectivity index (χ3n) is 3.16. The number of ether oxygens (including phenoxy) is 1. The van der Waals surface area contributed by atoms with Gasteiger partial charge in [-0.2, -0.15) is 0 Å². The van der Waals surface area contributed by atoms with Gasteiger partial charge in [-0.25, -0.2) is 0 Å². The molecule has 0 heterocycles. The van der Waals surface area contributed by atoms with Crippen molar-refractivity contribution in [3.05, 3.63) is 34.9 Å². The number of nitrogens with two attached hydrogens (primary N) is 1. The Morgan fingerprint density at radius 1 is 1.39 bits per heavy atom. The Morgan fingerprint density at radius 3 is 2.72 bits per heavy atom. The Balaban J connectivity index is 0.00000144. The van der Waals surface area contributed by atoms with Crippen LogP contribution in [0.3, 0.4) is 0 Å². The zero-order chi connectivity index (χ0) is 11.5. The summed E-state index contributed by atoms with van der Waals surface area (Å²) in [7, 11) is 1.39. The SMILES string of the molecule is C.COC(=O)CC(N)c1ccc2c(c1)CCC2.Cl. The van der Waals surface area contributed by atoms with E-state index >= 15 is 0 Å². The molecule has 18 heavy (non-hydrogen) atoms. The van der Waals surface area contributed by atoms with Gasteiger partial charge in [0.2, 0.25) is 0 Å². The average Bonchev–Trinajstić information content (AvgIpc) is 2.75. The number of hydrogen-bond donors (Lipinski definition) is 1. The van der Waals surface area contributed by atoms with Gasteiger partial charge in [0.25, 0.3) is 0 Å². The molecule has 2 N–H and O–H groups in total. The van der Waals surface area contributed by atoms with E-state index in [2.05, 4.69) is 16.9 Å². The third-order valence-corrected chi connectivity index (χ3v) is 3.16. The third kappa shape index (κ3) is 3.72. The molecule has 0 aromatic heterocycles. The first-order valence-electron chi connectivity index (χ1n) is 5.65. The van der Waals surface area contributed by atoms with Crippen LogP contribution in [0.2, 0.25) is 0 Å². The maximum Gasteiger partial charge on any atom is 0.307 e. The van der Waals surface area contributed by atoms with Gasteiger partial charge in [0, 0.05) is 6.04 Å². The molecule has 3 nitrogen and oxygen atoms in total. The summed E-state index contributed by atoms with van der Waals surface area (Å²) in [6.45, 7) is 0. The second kappa shape index (κ2) is 7.39. The van der Waals surface area contributed by atoms with Gasteiger partial charge in [-0.15, -0.1) is 12.4 Å². The normalized spacial score (nSPS) is 13.9. The van der Waals surface area contributed by atoms with E-state index in [1.165, 1.54) is 31.1 Å². The monoisotopic (exact) mass is 271 g/mol. The molecule has 0 radical (unpaired) electrons. The lowest BCUT2D eigenvalue weighted by Gasteiger charge is -2.12. The number of halogens is 1. The van der Waals surface area contributed by atoms with Gasteiger partial charge in [-0.3, -0.25) is 4.79 Å². The van der Waals surface area contributed by atoms with Crippen LogP contribution in [0.4, 0.5) is 0 Å². The Kier molecular flexibility index (Phi) is 6.96. The van der Waals surface area contributed by atoms with Crippen LogP contribution in [0.25, 0.3) is 0 Å². The van der Waals surface area contributed by atoms with E-state index in [0.29, 0.717) is 0 Å². The molecule has 0 fully saturated rings. The first-order chi connectivity index (χ1) is 7.70. The fourth-order valence-corrected chi connectivity index (χ4v) is 2.20. The molecular formula is C14H22ClNO2. The lowest BCUT2D eigenvalue weighted by molar-refractivity contribution is -0.141. The summed E-state index contributed by atoms with van der Waals surface area (Å²) in [5.41, 5.74) is 9.81. The van der Waals surface area contributed by atoms with Crippen LogP contribution in [0.5, 0.6) is 0 Å². The molecule has 102 valence electrons. The molecule has 0 aliphatic heterocycles. The van der Waals surface area contributed by atoms with Crippen molar-refractivity contribution in [1.29, 1.82) is 0 Å². The van der Waals surface area contributed by atoms with Crippen LogP contribution in [-0.2, 0) is 22.4 Å². The Morgan fingerprint density at radius 2 is 2.06 bits per heavy atom. The lowest BCUT2D eigenvalue weighted by Crippen LogP contribution is -2.16. The van der Waals surface area contributed by atoms with E-state index in [-0.39, 0.29) is 38.3 Å². The summed E-state index contributed by atoms with van der Waals surface area (Å²) >= 11 is 0. The minimum atomic E-state index is -0.256. The number of rotatable bonds is 3. The Hall–Kier alpha value is -1.06. The summed E-state index contributed by atoms with van der Waals surface area (Å²) in [6, 6.07) is 6.04. The summed E-state index contributed by atoms with van der Waals surface area (Å²) in [5, 5.41) is 0. The standard InChI is InChI=1S/C13H17NO2.CH4.ClH/c1-16-13(15)8-12(14)11-6-5-9-3-2-4-10(9)7-11;;/h5-7,12H,2-4,8,14H2,1H3;1H4;1H. The Bertz CT molecular complexity index is 407. The molecule has 0 amide bonds. The molecule has 1 atom stereocenters. The molecule has 1 unspecified atom stereocenters. The highest BCUT2D eigenvalue weighted by atomic mass is 35.5. The van der Waals surface area contributed by atoms with Gasteiger partial charge < -0.3 is 10.5 Å². The van der Waals surface area contributed by atoms with E-state index in [1.54, 1.807) is 0 Å². The number of fused-ring (bicyclic) bond motifs is 1. The van der Waals surface area contributed by atoms with E-state index in [0.717, 1.165) is 12.0 Å². The number of esters is 1. The van der Waals surface area contributed by atoms with Gasteiger partial charge >= 0.3 is 5.97 Å². The number of benzene rings is 1. The highest BCUT2D eigenvalue weighted by Gasteiger charge is 2.15. The van der Waals surface area contributed by atoms with Crippen LogP contribution < -0.4 is 5.73 Å². The fraction of sp³-hybridized carbons (Fsp3) is 0.500. The van der Waals surface area contributed by atoms with Gasteiger partial charge in [0.1, 0.15) is 0 Å². The van der Waals surface area contributed by atoms with Crippen LogP contribution in [0, 0.1) is 0 Å². The average molecular weight is 272 g/mol. The van der Waals surface area contributed by atoms with Crippen molar-refractivity contribution >= 4 is 18.4 Å². The number of methoxy groups -OCH3 is 1. The maximum absolute atomic E-state index is 11.1. The van der Waals surface area contributed by atoms with E-state index in [1.807, 2.05) is 6.07 Å². The first-order valence-corrected chi connectivity index (χ1v) is 5.65. The van der Waals surface area contributed by atoms with Gasteiger partial charge in [0.05, 0.1) is 13.5 Å². The zero-order valence-electron chi connectivity index (χ0n) is 9.94. The van der Waals surface area contributed by atoms with Gasteiger partial charge in [-0.1, -0.05) is 25.6 Å². The zero-order valence-corrected chi connectivity index (χ0v) is 10.8. The quantitative estimate of drug-likeness (QED) is 0.860. The number of hydrogen-bond acceptors (Lipinski definition) is 3. The number of aryl methyl sites for hydroxylation is 2. The largest absolute Gasteiger partial charge is 0.469 e. The van der Waals surface area contributed by atoms with Crippen molar-refractivity contribution < 1.29 is 9.53 Å². The highest BCUT2D eigenvalue weighted by molar-refractivity contribution is 5.85. The molecule has 1 aromatic rings. The van der Waals surface area contributed by atoms with E-state index in [9.17, 15) is 4.79 Å². The van der Waals surface area contributed by atoms with Gasteiger partial charge in [-0.05, 0) is 36.0 Å². The smallest absolute Gasteiger partial charge is 0.307 e. The molecule has 1 aliphatic carbocycles. The van der Waals surface area contributed by atoms with E-state index < -0.39 is 0 Å².